The van der Waals surface area contributed by atoms with E-state index in [-0.39, 0.29) is 11.1 Å². The Bertz CT molecular complexity index is 966. The number of thioether (sulfide) groups is 1. The Morgan fingerprint density at radius 3 is 2.89 bits per heavy atom. The second kappa shape index (κ2) is 8.60. The number of methoxy groups -OCH3 is 1. The maximum absolute atomic E-state index is 12.4. The summed E-state index contributed by atoms with van der Waals surface area (Å²) in [6, 6.07) is 8.59. The lowest BCUT2D eigenvalue weighted by molar-refractivity contribution is -0.115. The van der Waals surface area contributed by atoms with Crippen molar-refractivity contribution in [2.24, 2.45) is 0 Å². The molecule has 0 saturated carbocycles. The van der Waals surface area contributed by atoms with Crippen LogP contribution in [0, 0.1) is 0 Å². The van der Waals surface area contributed by atoms with Gasteiger partial charge in [0.2, 0.25) is 11.1 Å². The number of carbonyl (C=O) groups is 1. The SMILES string of the molecule is COc1ccc(Cl)cc1-c1nc(SC(C)C(=O)Nc2cccnc2Cl)n[nH]1. The Kier molecular flexibility index (Phi) is 6.20. The number of aromatic nitrogens is 4. The van der Waals surface area contributed by atoms with Crippen LogP contribution in [0.4, 0.5) is 5.69 Å². The van der Waals surface area contributed by atoms with Gasteiger partial charge >= 0.3 is 0 Å². The minimum atomic E-state index is -0.453. The van der Waals surface area contributed by atoms with Crippen molar-refractivity contribution in [2.75, 3.05) is 12.4 Å². The molecule has 2 N–H and O–H groups in total. The molecule has 0 spiro atoms. The average molecular weight is 424 g/mol. The number of rotatable bonds is 6. The van der Waals surface area contributed by atoms with Crippen molar-refractivity contribution in [3.8, 4) is 17.1 Å². The van der Waals surface area contributed by atoms with Gasteiger partial charge in [-0.1, -0.05) is 35.0 Å². The first-order valence-electron chi connectivity index (χ1n) is 7.82. The standard InChI is InChI=1S/C17H15Cl2N5O2S/c1-9(16(25)21-12-4-3-7-20-14(12)19)27-17-22-15(23-24-17)11-8-10(18)5-6-13(11)26-2/h3-9H,1-2H3,(H,21,25)(H,22,23,24). The molecule has 1 atom stereocenters. The first-order valence-corrected chi connectivity index (χ1v) is 9.46. The molecular formula is C17H15Cl2N5O2S. The monoisotopic (exact) mass is 423 g/mol. The second-order valence-electron chi connectivity index (χ2n) is 5.40. The van der Waals surface area contributed by atoms with Gasteiger partial charge in [0.25, 0.3) is 0 Å². The van der Waals surface area contributed by atoms with Gasteiger partial charge < -0.3 is 10.1 Å². The van der Waals surface area contributed by atoms with Crippen molar-refractivity contribution < 1.29 is 9.53 Å². The van der Waals surface area contributed by atoms with E-state index in [1.165, 1.54) is 11.8 Å². The zero-order valence-electron chi connectivity index (χ0n) is 14.4. The molecule has 0 aliphatic carbocycles. The van der Waals surface area contributed by atoms with Crippen LogP contribution in [-0.4, -0.2) is 38.4 Å². The summed E-state index contributed by atoms with van der Waals surface area (Å²) in [7, 11) is 1.56. The quantitative estimate of drug-likeness (QED) is 0.453. The summed E-state index contributed by atoms with van der Waals surface area (Å²) in [5.41, 5.74) is 1.14. The maximum Gasteiger partial charge on any atom is 0.237 e. The second-order valence-corrected chi connectivity index (χ2v) is 7.50. The highest BCUT2D eigenvalue weighted by Gasteiger charge is 2.19. The van der Waals surface area contributed by atoms with E-state index < -0.39 is 5.25 Å². The number of hydrogen-bond donors (Lipinski definition) is 2. The van der Waals surface area contributed by atoms with Gasteiger partial charge in [0.1, 0.15) is 5.75 Å². The molecule has 0 radical (unpaired) electrons. The Balaban J connectivity index is 1.71. The summed E-state index contributed by atoms with van der Waals surface area (Å²) < 4.78 is 5.33. The number of ether oxygens (including phenoxy) is 1. The molecule has 0 aliphatic heterocycles. The molecule has 2 heterocycles. The van der Waals surface area contributed by atoms with E-state index in [1.807, 2.05) is 0 Å². The molecule has 0 fully saturated rings. The van der Waals surface area contributed by atoms with Gasteiger partial charge in [-0.3, -0.25) is 9.89 Å². The molecule has 2 aromatic heterocycles. The predicted octanol–water partition coefficient (Wildman–Crippen LogP) is 4.30. The summed E-state index contributed by atoms with van der Waals surface area (Å²) in [4.78, 5) is 20.7. The van der Waals surface area contributed by atoms with Crippen molar-refractivity contribution >= 4 is 46.6 Å². The van der Waals surface area contributed by atoms with Crippen LogP contribution in [-0.2, 0) is 4.79 Å². The number of nitrogens with one attached hydrogen (secondary N) is 2. The number of H-pyrrole nitrogens is 1. The normalized spacial score (nSPS) is 11.9. The molecule has 0 saturated heterocycles. The summed E-state index contributed by atoms with van der Waals surface area (Å²) in [6.07, 6.45) is 1.55. The van der Waals surface area contributed by atoms with Gasteiger partial charge in [-0.25, -0.2) is 9.97 Å². The zero-order valence-corrected chi connectivity index (χ0v) is 16.7. The first-order chi connectivity index (χ1) is 13.0. The van der Waals surface area contributed by atoms with Crippen molar-refractivity contribution in [3.05, 3.63) is 46.7 Å². The number of benzene rings is 1. The van der Waals surface area contributed by atoms with Crippen LogP contribution in [0.1, 0.15) is 6.92 Å². The zero-order chi connectivity index (χ0) is 19.4. The fraction of sp³-hybridized carbons (Fsp3) is 0.176. The van der Waals surface area contributed by atoms with Crippen LogP contribution in [0.2, 0.25) is 10.2 Å². The van der Waals surface area contributed by atoms with E-state index in [2.05, 4.69) is 25.5 Å². The number of aromatic amines is 1. The highest BCUT2D eigenvalue weighted by atomic mass is 35.5. The van der Waals surface area contributed by atoms with Crippen LogP contribution < -0.4 is 10.1 Å². The third-order valence-electron chi connectivity index (χ3n) is 3.55. The molecule has 27 heavy (non-hydrogen) atoms. The number of nitrogens with zero attached hydrogens (tertiary/aromatic N) is 3. The van der Waals surface area contributed by atoms with Gasteiger partial charge in [-0.05, 0) is 37.3 Å². The minimum absolute atomic E-state index is 0.233. The molecule has 3 rings (SSSR count). The first kappa shape index (κ1) is 19.5. The van der Waals surface area contributed by atoms with E-state index in [0.29, 0.717) is 33.0 Å². The van der Waals surface area contributed by atoms with Crippen LogP contribution >= 0.6 is 35.0 Å². The Labute approximate surface area is 169 Å². The topological polar surface area (TPSA) is 92.8 Å². The lowest BCUT2D eigenvalue weighted by atomic mass is 10.2. The third-order valence-corrected chi connectivity index (χ3v) is 5.05. The molecule has 1 aromatic carbocycles. The molecule has 10 heteroatoms. The fourth-order valence-corrected chi connectivity index (χ4v) is 3.27. The van der Waals surface area contributed by atoms with Gasteiger partial charge in [-0.15, -0.1) is 5.10 Å². The smallest absolute Gasteiger partial charge is 0.237 e. The number of pyridine rings is 1. The van der Waals surface area contributed by atoms with E-state index >= 15 is 0 Å². The third kappa shape index (κ3) is 4.71. The summed E-state index contributed by atoms with van der Waals surface area (Å²) in [6.45, 7) is 1.75. The predicted molar refractivity (Wildman–Crippen MR) is 107 cm³/mol. The van der Waals surface area contributed by atoms with Crippen LogP contribution in [0.25, 0.3) is 11.4 Å². The maximum atomic E-state index is 12.4. The molecule has 140 valence electrons. The van der Waals surface area contributed by atoms with Gasteiger partial charge in [0, 0.05) is 11.2 Å². The van der Waals surface area contributed by atoms with Gasteiger partial charge in [0.05, 0.1) is 23.6 Å². The molecular weight excluding hydrogens is 409 g/mol. The molecule has 3 aromatic rings. The average Bonchev–Trinajstić information content (AvgIpc) is 3.11. The van der Waals surface area contributed by atoms with Crippen LogP contribution in [0.15, 0.2) is 41.7 Å². The highest BCUT2D eigenvalue weighted by Crippen LogP contribution is 2.32. The van der Waals surface area contributed by atoms with E-state index in [9.17, 15) is 4.79 Å². The van der Waals surface area contributed by atoms with Crippen LogP contribution in [0.5, 0.6) is 5.75 Å². The van der Waals surface area contributed by atoms with E-state index in [4.69, 9.17) is 27.9 Å². The fourth-order valence-electron chi connectivity index (χ4n) is 2.21. The molecule has 0 bridgehead atoms. The number of anilines is 1. The number of amides is 1. The van der Waals surface area contributed by atoms with Crippen molar-refractivity contribution in [2.45, 2.75) is 17.3 Å². The summed E-state index contributed by atoms with van der Waals surface area (Å²) >= 11 is 13.2. The van der Waals surface area contributed by atoms with Gasteiger partial charge in [-0.2, -0.15) is 0 Å². The lowest BCUT2D eigenvalue weighted by Crippen LogP contribution is -2.22. The van der Waals surface area contributed by atoms with Gasteiger partial charge in [0.15, 0.2) is 11.0 Å². The van der Waals surface area contributed by atoms with E-state index in [1.54, 1.807) is 50.6 Å². The summed E-state index contributed by atoms with van der Waals surface area (Å²) in [5, 5.41) is 10.5. The van der Waals surface area contributed by atoms with E-state index in [0.717, 1.165) is 0 Å². The van der Waals surface area contributed by atoms with Crippen LogP contribution in [0.3, 0.4) is 0 Å². The molecule has 7 nitrogen and oxygen atoms in total. The minimum Gasteiger partial charge on any atom is -0.496 e. The number of carbonyl (C=O) groups excluding carboxylic acids is 1. The Hall–Kier alpha value is -2.29. The number of hydrogen-bond acceptors (Lipinski definition) is 6. The lowest BCUT2D eigenvalue weighted by Gasteiger charge is -2.10. The number of halogens is 2. The molecule has 1 unspecified atom stereocenters. The highest BCUT2D eigenvalue weighted by molar-refractivity contribution is 8.00. The Morgan fingerprint density at radius 2 is 2.15 bits per heavy atom. The summed E-state index contributed by atoms with van der Waals surface area (Å²) in [5.74, 6) is 0.880. The Morgan fingerprint density at radius 1 is 1.33 bits per heavy atom. The van der Waals surface area contributed by atoms with Crippen molar-refractivity contribution in [1.82, 2.24) is 20.2 Å². The van der Waals surface area contributed by atoms with Crippen molar-refractivity contribution in [1.29, 1.82) is 0 Å². The largest absolute Gasteiger partial charge is 0.496 e. The molecule has 0 aliphatic rings. The molecule has 1 amide bonds. The van der Waals surface area contributed by atoms with Crippen molar-refractivity contribution in [3.63, 3.8) is 0 Å².